The van der Waals surface area contributed by atoms with Crippen molar-refractivity contribution in [1.29, 1.82) is 0 Å². The number of carbonyl (C=O) groups excluding carboxylic acids is 1. The maximum atomic E-state index is 14.4. The second-order valence-corrected chi connectivity index (χ2v) is 8.52. The lowest BCUT2D eigenvalue weighted by Crippen LogP contribution is -2.48. The molecule has 1 spiro atoms. The van der Waals surface area contributed by atoms with Crippen molar-refractivity contribution in [3.05, 3.63) is 82.9 Å². The number of likely N-dealkylation sites (tertiary alicyclic amines) is 1. The highest BCUT2D eigenvalue weighted by molar-refractivity contribution is 5.94. The van der Waals surface area contributed by atoms with Gasteiger partial charge in [0.15, 0.2) is 0 Å². The largest absolute Gasteiger partial charge is 0.368 e. The third kappa shape index (κ3) is 3.72. The normalized spacial score (nSPS) is 17.4. The second kappa shape index (κ2) is 8.48. The zero-order valence-corrected chi connectivity index (χ0v) is 18.0. The fraction of sp³-hybridized carbons (Fsp3) is 0.360. The molecule has 3 heterocycles. The molecule has 0 bridgehead atoms. The van der Waals surface area contributed by atoms with E-state index in [1.165, 1.54) is 11.6 Å². The fourth-order valence-electron chi connectivity index (χ4n) is 4.79. The highest BCUT2D eigenvalue weighted by Crippen LogP contribution is 2.41. The summed E-state index contributed by atoms with van der Waals surface area (Å²) in [6.07, 6.45) is 4.81. The average molecular weight is 435 g/mol. The van der Waals surface area contributed by atoms with Crippen LogP contribution in [0.3, 0.4) is 0 Å². The molecule has 3 aromatic rings. The van der Waals surface area contributed by atoms with Crippen molar-refractivity contribution < 1.29 is 13.9 Å². The van der Waals surface area contributed by atoms with E-state index in [4.69, 9.17) is 15.6 Å². The van der Waals surface area contributed by atoms with E-state index in [-0.39, 0.29) is 11.5 Å². The Bertz CT molecular complexity index is 1120. The number of piperidine rings is 1. The lowest BCUT2D eigenvalue weighted by atomic mass is 9.83. The van der Waals surface area contributed by atoms with Crippen LogP contribution in [0.15, 0.2) is 54.7 Å². The van der Waals surface area contributed by atoms with Crippen molar-refractivity contribution in [2.24, 2.45) is 5.73 Å². The molecule has 5 rings (SSSR count). The maximum absolute atomic E-state index is 14.4. The second-order valence-electron chi connectivity index (χ2n) is 8.52. The molecule has 2 aliphatic heterocycles. The maximum Gasteiger partial charge on any atom is 0.256 e. The van der Waals surface area contributed by atoms with Crippen LogP contribution in [0, 0.1) is 5.82 Å². The number of hydrogen-bond donors (Lipinski definition) is 1. The van der Waals surface area contributed by atoms with Gasteiger partial charge in [-0.2, -0.15) is 5.10 Å². The Balaban J connectivity index is 1.36. The van der Waals surface area contributed by atoms with Crippen molar-refractivity contribution in [1.82, 2.24) is 14.7 Å². The number of nitrogens with zero attached hydrogens (tertiary/aromatic N) is 3. The number of hydrogen-bond acceptors (Lipinski definition) is 4. The summed E-state index contributed by atoms with van der Waals surface area (Å²) in [7, 11) is 0. The number of amides is 1. The van der Waals surface area contributed by atoms with E-state index < -0.39 is 11.4 Å². The minimum Gasteiger partial charge on any atom is -0.368 e. The van der Waals surface area contributed by atoms with E-state index >= 15 is 0 Å². The van der Waals surface area contributed by atoms with Crippen LogP contribution in [0.4, 0.5) is 4.39 Å². The van der Waals surface area contributed by atoms with Gasteiger partial charge < -0.3 is 15.4 Å². The topological polar surface area (TPSA) is 73.4 Å². The number of fused-ring (bicyclic) bond motifs is 2. The number of benzene rings is 2. The van der Waals surface area contributed by atoms with E-state index in [1.807, 2.05) is 35.0 Å². The molecule has 1 amide bonds. The van der Waals surface area contributed by atoms with Gasteiger partial charge in [-0.15, -0.1) is 0 Å². The van der Waals surface area contributed by atoms with Gasteiger partial charge in [0, 0.05) is 19.3 Å². The Morgan fingerprint density at radius 2 is 1.94 bits per heavy atom. The molecule has 32 heavy (non-hydrogen) atoms. The van der Waals surface area contributed by atoms with Crippen LogP contribution in [0.25, 0.3) is 5.69 Å². The van der Waals surface area contributed by atoms with Gasteiger partial charge in [-0.1, -0.05) is 24.3 Å². The quantitative estimate of drug-likeness (QED) is 0.684. The molecule has 0 atom stereocenters. The van der Waals surface area contributed by atoms with Gasteiger partial charge in [0.2, 0.25) is 0 Å². The van der Waals surface area contributed by atoms with Crippen molar-refractivity contribution in [3.63, 3.8) is 0 Å². The molecule has 0 unspecified atom stereocenters. The van der Waals surface area contributed by atoms with E-state index in [0.717, 1.165) is 23.4 Å². The smallest absolute Gasteiger partial charge is 0.256 e. The molecule has 0 aliphatic carbocycles. The first-order chi connectivity index (χ1) is 15.6. The molecule has 166 valence electrons. The molecule has 1 fully saturated rings. The van der Waals surface area contributed by atoms with Crippen molar-refractivity contribution in [2.45, 2.75) is 31.3 Å². The van der Waals surface area contributed by atoms with Crippen LogP contribution in [-0.4, -0.2) is 46.8 Å². The Hall–Kier alpha value is -3.03. The standard InChI is InChI=1S/C25H27FN4O2/c26-22-7-6-18(8-12-27)16-21(22)24(31)29-13-10-25(11-14-29)23-19(9-15-32-25)17-30(28-23)20-4-2-1-3-5-20/h1-7,16-17H,8-15,27H2. The Kier molecular flexibility index (Phi) is 5.53. The van der Waals surface area contributed by atoms with Crippen LogP contribution < -0.4 is 5.73 Å². The predicted molar refractivity (Wildman–Crippen MR) is 119 cm³/mol. The lowest BCUT2D eigenvalue weighted by molar-refractivity contribution is -0.0963. The summed E-state index contributed by atoms with van der Waals surface area (Å²) in [5.74, 6) is -0.768. The zero-order valence-electron chi connectivity index (χ0n) is 18.0. The first kappa shape index (κ1) is 20.8. The fourth-order valence-corrected chi connectivity index (χ4v) is 4.79. The monoisotopic (exact) mass is 434 g/mol. The minimum absolute atomic E-state index is 0.116. The van der Waals surface area contributed by atoms with Gasteiger partial charge >= 0.3 is 0 Å². The van der Waals surface area contributed by atoms with Gasteiger partial charge in [0.05, 0.1) is 23.6 Å². The molecule has 7 heteroatoms. The Morgan fingerprint density at radius 1 is 1.16 bits per heavy atom. The number of rotatable bonds is 4. The number of halogens is 1. The number of aromatic nitrogens is 2. The summed E-state index contributed by atoms with van der Waals surface area (Å²) in [4.78, 5) is 14.8. The van der Waals surface area contributed by atoms with Gasteiger partial charge in [-0.25, -0.2) is 9.07 Å². The first-order valence-corrected chi connectivity index (χ1v) is 11.2. The van der Waals surface area contributed by atoms with Crippen LogP contribution in [0.1, 0.15) is 40.0 Å². The molecular formula is C25H27FN4O2. The van der Waals surface area contributed by atoms with Crippen molar-refractivity contribution in [2.75, 3.05) is 26.2 Å². The molecule has 2 N–H and O–H groups in total. The van der Waals surface area contributed by atoms with E-state index in [1.54, 1.807) is 17.0 Å². The number of nitrogens with two attached hydrogens (primary N) is 1. The van der Waals surface area contributed by atoms with E-state index in [2.05, 4.69) is 6.20 Å². The number of carbonyl (C=O) groups is 1. The summed E-state index contributed by atoms with van der Waals surface area (Å²) < 4.78 is 22.6. The summed E-state index contributed by atoms with van der Waals surface area (Å²) in [5.41, 5.74) is 9.28. The molecule has 0 saturated carbocycles. The highest BCUT2D eigenvalue weighted by atomic mass is 19.1. The van der Waals surface area contributed by atoms with Crippen LogP contribution in [0.2, 0.25) is 0 Å². The summed E-state index contributed by atoms with van der Waals surface area (Å²) in [5, 5.41) is 4.89. The minimum atomic E-state index is -0.496. The zero-order chi connectivity index (χ0) is 22.1. The molecule has 2 aliphatic rings. The van der Waals surface area contributed by atoms with Crippen LogP contribution in [-0.2, 0) is 23.2 Å². The number of ether oxygens (including phenoxy) is 1. The van der Waals surface area contributed by atoms with Gasteiger partial charge in [0.1, 0.15) is 11.4 Å². The van der Waals surface area contributed by atoms with E-state index in [0.29, 0.717) is 45.5 Å². The van der Waals surface area contributed by atoms with Crippen LogP contribution in [0.5, 0.6) is 0 Å². The van der Waals surface area contributed by atoms with Crippen molar-refractivity contribution in [3.8, 4) is 5.69 Å². The third-order valence-electron chi connectivity index (χ3n) is 6.54. The third-order valence-corrected chi connectivity index (χ3v) is 6.54. The molecular weight excluding hydrogens is 407 g/mol. The van der Waals surface area contributed by atoms with Gasteiger partial charge in [0.25, 0.3) is 5.91 Å². The SMILES string of the molecule is NCCc1ccc(F)c(C(=O)N2CCC3(CC2)OCCc2cn(-c4ccccc4)nc23)c1. The van der Waals surface area contributed by atoms with Crippen molar-refractivity contribution >= 4 is 5.91 Å². The Labute approximate surface area is 186 Å². The average Bonchev–Trinajstić information content (AvgIpc) is 3.27. The number of para-hydroxylation sites is 1. The molecule has 0 radical (unpaired) electrons. The molecule has 1 aromatic heterocycles. The summed E-state index contributed by atoms with van der Waals surface area (Å²) in [6.45, 7) is 2.09. The highest BCUT2D eigenvalue weighted by Gasteiger charge is 2.44. The summed E-state index contributed by atoms with van der Waals surface area (Å²) in [6, 6.07) is 14.7. The van der Waals surface area contributed by atoms with Crippen LogP contribution >= 0.6 is 0 Å². The predicted octanol–water partition coefficient (Wildman–Crippen LogP) is 3.22. The summed E-state index contributed by atoms with van der Waals surface area (Å²) >= 11 is 0. The Morgan fingerprint density at radius 3 is 2.69 bits per heavy atom. The van der Waals surface area contributed by atoms with Gasteiger partial charge in [-0.05, 0) is 67.6 Å². The molecule has 2 aromatic carbocycles. The first-order valence-electron chi connectivity index (χ1n) is 11.2. The molecule has 1 saturated heterocycles. The molecule has 6 nitrogen and oxygen atoms in total. The van der Waals surface area contributed by atoms with Gasteiger partial charge in [-0.3, -0.25) is 4.79 Å². The lowest BCUT2D eigenvalue weighted by Gasteiger charge is -2.43. The van der Waals surface area contributed by atoms with E-state index in [9.17, 15) is 9.18 Å².